The quantitative estimate of drug-likeness (QED) is 0.789. The average Bonchev–Trinajstić information content (AvgIpc) is 3.22. The van der Waals surface area contributed by atoms with Crippen LogP contribution in [0.3, 0.4) is 0 Å². The number of hydrogen-bond donors (Lipinski definition) is 0. The fraction of sp³-hybridized carbons (Fsp3) is 0.263. The van der Waals surface area contributed by atoms with Gasteiger partial charge < -0.3 is 8.83 Å². The fourth-order valence-electron chi connectivity index (χ4n) is 3.52. The van der Waals surface area contributed by atoms with Crippen LogP contribution in [0.2, 0.25) is 0 Å². The monoisotopic (exact) mass is 308 g/mol. The van der Waals surface area contributed by atoms with E-state index < -0.39 is 0 Å². The predicted molar refractivity (Wildman–Crippen MR) is 84.2 cm³/mol. The first-order chi connectivity index (χ1) is 11.2. The second-order valence-corrected chi connectivity index (χ2v) is 6.14. The van der Waals surface area contributed by atoms with Gasteiger partial charge in [0, 0.05) is 11.8 Å². The molecule has 2 saturated carbocycles. The molecule has 4 heteroatoms. The average molecular weight is 308 g/mol. The highest BCUT2D eigenvalue weighted by atomic mass is 16.3. The first-order valence-electron chi connectivity index (χ1n) is 7.77. The van der Waals surface area contributed by atoms with E-state index in [1.54, 1.807) is 36.8 Å². The summed E-state index contributed by atoms with van der Waals surface area (Å²) in [5, 5.41) is 0. The summed E-state index contributed by atoms with van der Waals surface area (Å²) in [4.78, 5) is 25.3. The van der Waals surface area contributed by atoms with Crippen LogP contribution in [0.5, 0.6) is 0 Å². The maximum absolute atomic E-state index is 12.6. The van der Waals surface area contributed by atoms with E-state index >= 15 is 0 Å². The molecule has 0 radical (unpaired) electrons. The second kappa shape index (κ2) is 5.54. The Kier molecular flexibility index (Phi) is 3.37. The molecule has 0 aromatic carbocycles. The number of ketones is 2. The molecule has 0 saturated heterocycles. The molecule has 2 aromatic heterocycles. The Morgan fingerprint density at radius 2 is 1.30 bits per heavy atom. The highest BCUT2D eigenvalue weighted by Crippen LogP contribution is 2.41. The zero-order valence-electron chi connectivity index (χ0n) is 12.5. The Morgan fingerprint density at radius 1 is 0.826 bits per heavy atom. The van der Waals surface area contributed by atoms with E-state index in [1.807, 2.05) is 12.1 Å². The number of carbonyl (C=O) groups is 2. The van der Waals surface area contributed by atoms with Gasteiger partial charge in [-0.2, -0.15) is 0 Å². The molecule has 0 unspecified atom stereocenters. The lowest BCUT2D eigenvalue weighted by Crippen LogP contribution is -2.37. The van der Waals surface area contributed by atoms with Gasteiger partial charge in [-0.15, -0.1) is 0 Å². The Hall–Kier alpha value is -2.62. The maximum atomic E-state index is 12.6. The molecule has 4 nitrogen and oxygen atoms in total. The molecule has 0 amide bonds. The van der Waals surface area contributed by atoms with Gasteiger partial charge in [-0.05, 0) is 66.8 Å². The molecule has 2 aliphatic carbocycles. The summed E-state index contributed by atoms with van der Waals surface area (Å²) in [6.45, 7) is 0. The number of fused-ring (bicyclic) bond motifs is 2. The van der Waals surface area contributed by atoms with Crippen LogP contribution < -0.4 is 0 Å². The number of carbonyl (C=O) groups excluding carboxylic acids is 2. The highest BCUT2D eigenvalue weighted by molar-refractivity contribution is 6.09. The molecular formula is C19H16O4. The van der Waals surface area contributed by atoms with Gasteiger partial charge in [0.15, 0.2) is 11.6 Å². The van der Waals surface area contributed by atoms with E-state index in [0.29, 0.717) is 41.9 Å². The number of hydrogen-bond acceptors (Lipinski definition) is 4. The molecule has 2 heterocycles. The van der Waals surface area contributed by atoms with Gasteiger partial charge in [-0.25, -0.2) is 0 Å². The van der Waals surface area contributed by atoms with Crippen LogP contribution in [-0.4, -0.2) is 11.6 Å². The maximum Gasteiger partial charge on any atom is 0.162 e. The third kappa shape index (κ3) is 2.61. The number of furan rings is 2. The van der Waals surface area contributed by atoms with Gasteiger partial charge in [-0.1, -0.05) is 0 Å². The standard InChI is InChI=1S/C19H16O4/c20-18-13-7-12(8-14(18)10-16-3-1-5-22-16)19(21)15(9-13)11-17-4-2-6-23-17/h1-6,10-13H,7-9H2/b14-10-,15-11?/t12-,13+/m1/s1. The summed E-state index contributed by atoms with van der Waals surface area (Å²) in [5.74, 6) is 1.35. The van der Waals surface area contributed by atoms with Crippen molar-refractivity contribution in [2.75, 3.05) is 0 Å². The van der Waals surface area contributed by atoms with Crippen molar-refractivity contribution in [1.29, 1.82) is 0 Å². The highest BCUT2D eigenvalue weighted by Gasteiger charge is 2.41. The Bertz CT molecular complexity index is 722. The molecule has 4 rings (SSSR count). The van der Waals surface area contributed by atoms with Crippen LogP contribution in [0, 0.1) is 11.8 Å². The van der Waals surface area contributed by atoms with Crippen molar-refractivity contribution in [1.82, 2.24) is 0 Å². The Morgan fingerprint density at radius 3 is 1.70 bits per heavy atom. The van der Waals surface area contributed by atoms with Crippen LogP contribution in [0.4, 0.5) is 0 Å². The van der Waals surface area contributed by atoms with Crippen LogP contribution in [0.15, 0.2) is 56.8 Å². The first-order valence-corrected chi connectivity index (χ1v) is 7.77. The van der Waals surface area contributed by atoms with Crippen LogP contribution in [-0.2, 0) is 9.59 Å². The molecule has 116 valence electrons. The van der Waals surface area contributed by atoms with Crippen molar-refractivity contribution in [2.24, 2.45) is 11.8 Å². The summed E-state index contributed by atoms with van der Waals surface area (Å²) in [6.07, 6.45) is 8.34. The van der Waals surface area contributed by atoms with Gasteiger partial charge in [0.1, 0.15) is 11.5 Å². The number of Topliss-reactive ketones (excluding diaryl/α,β-unsaturated/α-hetero) is 2. The van der Waals surface area contributed by atoms with Gasteiger partial charge in [0.2, 0.25) is 0 Å². The van der Waals surface area contributed by atoms with Crippen LogP contribution in [0.1, 0.15) is 30.8 Å². The van der Waals surface area contributed by atoms with E-state index in [-0.39, 0.29) is 23.4 Å². The normalized spacial score (nSPS) is 27.8. The summed E-state index contributed by atoms with van der Waals surface area (Å²) >= 11 is 0. The van der Waals surface area contributed by atoms with Crippen LogP contribution >= 0.6 is 0 Å². The van der Waals surface area contributed by atoms with Crippen LogP contribution in [0.25, 0.3) is 12.2 Å². The van der Waals surface area contributed by atoms with E-state index in [1.165, 1.54) is 0 Å². The molecule has 23 heavy (non-hydrogen) atoms. The van der Waals surface area contributed by atoms with Crippen molar-refractivity contribution >= 4 is 23.7 Å². The molecule has 2 aliphatic rings. The molecule has 2 aromatic rings. The fourth-order valence-corrected chi connectivity index (χ4v) is 3.52. The van der Waals surface area contributed by atoms with Crippen molar-refractivity contribution in [3.63, 3.8) is 0 Å². The summed E-state index contributed by atoms with van der Waals surface area (Å²) in [5.41, 5.74) is 1.40. The summed E-state index contributed by atoms with van der Waals surface area (Å²) in [6, 6.07) is 7.20. The largest absolute Gasteiger partial charge is 0.465 e. The van der Waals surface area contributed by atoms with Crippen molar-refractivity contribution in [3.05, 3.63) is 59.5 Å². The number of allylic oxidation sites excluding steroid dienone is 2. The zero-order valence-corrected chi connectivity index (χ0v) is 12.5. The third-order valence-corrected chi connectivity index (χ3v) is 4.60. The van der Waals surface area contributed by atoms with Crippen molar-refractivity contribution in [2.45, 2.75) is 19.3 Å². The van der Waals surface area contributed by atoms with Crippen molar-refractivity contribution in [3.8, 4) is 0 Å². The molecule has 0 N–H and O–H groups in total. The van der Waals surface area contributed by atoms with Gasteiger partial charge in [-0.3, -0.25) is 9.59 Å². The van der Waals surface area contributed by atoms with E-state index in [4.69, 9.17) is 8.83 Å². The SMILES string of the molecule is O=C1C(=Cc2ccco2)C[C@@H]2C[C@@H]1C/C(=C/c1ccco1)C2=O. The smallest absolute Gasteiger partial charge is 0.162 e. The second-order valence-electron chi connectivity index (χ2n) is 6.14. The number of rotatable bonds is 2. The van der Waals surface area contributed by atoms with Gasteiger partial charge in [0.05, 0.1) is 12.5 Å². The van der Waals surface area contributed by atoms with E-state index in [0.717, 1.165) is 0 Å². The minimum atomic E-state index is -0.117. The molecule has 0 spiro atoms. The lowest BCUT2D eigenvalue weighted by molar-refractivity contribution is -0.127. The molecule has 2 atom stereocenters. The Labute approximate surface area is 133 Å². The van der Waals surface area contributed by atoms with E-state index in [2.05, 4.69) is 0 Å². The molecule has 2 fully saturated rings. The zero-order chi connectivity index (χ0) is 15.8. The Balaban J connectivity index is 1.63. The van der Waals surface area contributed by atoms with Gasteiger partial charge in [0.25, 0.3) is 0 Å². The molecular weight excluding hydrogens is 292 g/mol. The van der Waals surface area contributed by atoms with Gasteiger partial charge >= 0.3 is 0 Å². The summed E-state index contributed by atoms with van der Waals surface area (Å²) in [7, 11) is 0. The lowest BCUT2D eigenvalue weighted by Gasteiger charge is -2.34. The lowest BCUT2D eigenvalue weighted by atomic mass is 9.67. The minimum absolute atomic E-state index is 0.117. The predicted octanol–water partition coefficient (Wildman–Crippen LogP) is 3.91. The summed E-state index contributed by atoms with van der Waals surface area (Å²) < 4.78 is 10.6. The van der Waals surface area contributed by atoms with E-state index in [9.17, 15) is 9.59 Å². The topological polar surface area (TPSA) is 60.4 Å². The minimum Gasteiger partial charge on any atom is -0.465 e. The molecule has 2 bridgehead atoms. The first kappa shape index (κ1) is 14.0. The third-order valence-electron chi connectivity index (χ3n) is 4.60. The molecule has 0 aliphatic heterocycles. The van der Waals surface area contributed by atoms with Crippen molar-refractivity contribution < 1.29 is 18.4 Å².